The number of carbonyl (C=O) groups is 1. The van der Waals surface area contributed by atoms with Crippen molar-refractivity contribution in [2.24, 2.45) is 0 Å². The van der Waals surface area contributed by atoms with Crippen molar-refractivity contribution in [2.45, 2.75) is 12.5 Å². The number of hydrogen-bond donors (Lipinski definition) is 0. The molecular formula is C15H16N4O3. The summed E-state index contributed by atoms with van der Waals surface area (Å²) in [5.41, 5.74) is 0.590. The maximum atomic E-state index is 12.3. The van der Waals surface area contributed by atoms with E-state index in [-0.39, 0.29) is 12.0 Å². The molecule has 1 amide bonds. The molecule has 1 aliphatic heterocycles. The van der Waals surface area contributed by atoms with Crippen LogP contribution in [0.3, 0.4) is 0 Å². The number of methoxy groups -OCH3 is 1. The molecule has 3 heterocycles. The minimum atomic E-state index is -0.0803. The van der Waals surface area contributed by atoms with Gasteiger partial charge in [-0.3, -0.25) is 9.78 Å². The number of amides is 1. The topological polar surface area (TPSA) is 77.4 Å². The van der Waals surface area contributed by atoms with Gasteiger partial charge in [-0.05, 0) is 12.1 Å². The third-order valence-corrected chi connectivity index (χ3v) is 3.45. The number of hydrogen-bond acceptors (Lipinski definition) is 6. The Labute approximate surface area is 127 Å². The molecule has 1 fully saturated rings. The lowest BCUT2D eigenvalue weighted by atomic mass is 10.2. The van der Waals surface area contributed by atoms with Crippen molar-refractivity contribution in [1.29, 1.82) is 0 Å². The molecule has 2 aromatic heterocycles. The molecule has 22 heavy (non-hydrogen) atoms. The van der Waals surface area contributed by atoms with Gasteiger partial charge in [-0.15, -0.1) is 10.2 Å². The summed E-state index contributed by atoms with van der Waals surface area (Å²) in [6.45, 7) is 1.18. The standard InChI is InChI=1S/C15H16N4O3/c1-21-13-4-5-14(18-17-13)22-12-6-8-19(10-12)15(20)11-3-2-7-16-9-11/h2-5,7,9,12H,6,8,10H2,1H3. The normalized spacial score (nSPS) is 17.3. The molecule has 1 saturated heterocycles. The first-order valence-electron chi connectivity index (χ1n) is 7.00. The van der Waals surface area contributed by atoms with Crippen molar-refractivity contribution in [3.05, 3.63) is 42.2 Å². The monoisotopic (exact) mass is 300 g/mol. The first-order chi connectivity index (χ1) is 10.8. The maximum absolute atomic E-state index is 12.3. The number of aromatic nitrogens is 3. The van der Waals surface area contributed by atoms with Gasteiger partial charge in [0.15, 0.2) is 0 Å². The van der Waals surface area contributed by atoms with Gasteiger partial charge in [-0.25, -0.2) is 0 Å². The fourth-order valence-electron chi connectivity index (χ4n) is 2.33. The molecule has 0 spiro atoms. The van der Waals surface area contributed by atoms with E-state index < -0.39 is 0 Å². The van der Waals surface area contributed by atoms with Gasteiger partial charge in [0.05, 0.1) is 19.2 Å². The lowest BCUT2D eigenvalue weighted by Crippen LogP contribution is -2.31. The summed E-state index contributed by atoms with van der Waals surface area (Å²) < 4.78 is 10.7. The predicted octanol–water partition coefficient (Wildman–Crippen LogP) is 1.17. The Morgan fingerprint density at radius 2 is 2.09 bits per heavy atom. The van der Waals surface area contributed by atoms with Gasteiger partial charge >= 0.3 is 0 Å². The van der Waals surface area contributed by atoms with Crippen LogP contribution < -0.4 is 9.47 Å². The van der Waals surface area contributed by atoms with Crippen molar-refractivity contribution in [2.75, 3.05) is 20.2 Å². The number of pyridine rings is 1. The van der Waals surface area contributed by atoms with Crippen molar-refractivity contribution in [1.82, 2.24) is 20.1 Å². The number of nitrogens with zero attached hydrogens (tertiary/aromatic N) is 4. The third kappa shape index (κ3) is 3.13. The van der Waals surface area contributed by atoms with Gasteiger partial charge in [0.2, 0.25) is 11.8 Å². The van der Waals surface area contributed by atoms with Gasteiger partial charge in [-0.1, -0.05) is 0 Å². The van der Waals surface area contributed by atoms with Crippen molar-refractivity contribution in [3.63, 3.8) is 0 Å². The van der Waals surface area contributed by atoms with Crippen LogP contribution in [0.2, 0.25) is 0 Å². The Bertz CT molecular complexity index is 633. The number of carbonyl (C=O) groups excluding carboxylic acids is 1. The van der Waals surface area contributed by atoms with Gasteiger partial charge < -0.3 is 14.4 Å². The zero-order valence-electron chi connectivity index (χ0n) is 12.2. The molecular weight excluding hydrogens is 284 g/mol. The van der Waals surface area contributed by atoms with E-state index in [0.717, 1.165) is 6.42 Å². The zero-order valence-corrected chi connectivity index (χ0v) is 12.2. The highest BCUT2D eigenvalue weighted by Gasteiger charge is 2.28. The molecule has 1 aliphatic rings. The van der Waals surface area contributed by atoms with Crippen LogP contribution in [0.1, 0.15) is 16.8 Å². The lowest BCUT2D eigenvalue weighted by Gasteiger charge is -2.16. The van der Waals surface area contributed by atoms with Crippen LogP contribution in [0.15, 0.2) is 36.7 Å². The highest BCUT2D eigenvalue weighted by atomic mass is 16.5. The first kappa shape index (κ1) is 14.2. The van der Waals surface area contributed by atoms with Crippen LogP contribution in [0.4, 0.5) is 0 Å². The smallest absolute Gasteiger partial charge is 0.255 e. The summed E-state index contributed by atoms with van der Waals surface area (Å²) in [5, 5.41) is 7.79. The molecule has 0 aromatic carbocycles. The molecule has 0 N–H and O–H groups in total. The molecule has 0 radical (unpaired) electrons. The summed E-state index contributed by atoms with van der Waals surface area (Å²) >= 11 is 0. The van der Waals surface area contributed by atoms with E-state index in [4.69, 9.17) is 9.47 Å². The summed E-state index contributed by atoms with van der Waals surface area (Å²) in [6.07, 6.45) is 3.91. The molecule has 3 rings (SSSR count). The molecule has 0 bridgehead atoms. The Hall–Kier alpha value is -2.70. The van der Waals surface area contributed by atoms with Gasteiger partial charge in [0, 0.05) is 37.5 Å². The van der Waals surface area contributed by atoms with E-state index in [2.05, 4.69) is 15.2 Å². The number of rotatable bonds is 4. The van der Waals surface area contributed by atoms with Crippen molar-refractivity contribution in [3.8, 4) is 11.8 Å². The summed E-state index contributed by atoms with van der Waals surface area (Å²) in [7, 11) is 1.53. The summed E-state index contributed by atoms with van der Waals surface area (Å²) in [6, 6.07) is 6.91. The fraction of sp³-hybridized carbons (Fsp3) is 0.333. The van der Waals surface area contributed by atoms with E-state index >= 15 is 0 Å². The first-order valence-corrected chi connectivity index (χ1v) is 7.00. The van der Waals surface area contributed by atoms with E-state index in [1.54, 1.807) is 41.6 Å². The van der Waals surface area contributed by atoms with E-state index in [1.165, 1.54) is 7.11 Å². The Morgan fingerprint density at radius 3 is 2.77 bits per heavy atom. The largest absolute Gasteiger partial charge is 0.480 e. The van der Waals surface area contributed by atoms with E-state index in [1.807, 2.05) is 0 Å². The number of likely N-dealkylation sites (tertiary alicyclic amines) is 1. The second-order valence-electron chi connectivity index (χ2n) is 4.94. The van der Waals surface area contributed by atoms with E-state index in [0.29, 0.717) is 30.4 Å². The molecule has 1 unspecified atom stereocenters. The second-order valence-corrected chi connectivity index (χ2v) is 4.94. The SMILES string of the molecule is COc1ccc(OC2CCN(C(=O)c3cccnc3)C2)nn1. The third-order valence-electron chi connectivity index (χ3n) is 3.45. The Balaban J connectivity index is 1.59. The van der Waals surface area contributed by atoms with Crippen LogP contribution in [0.5, 0.6) is 11.8 Å². The minimum absolute atomic E-state index is 0.0278. The average Bonchev–Trinajstić information content (AvgIpc) is 3.04. The summed E-state index contributed by atoms with van der Waals surface area (Å²) in [5.74, 6) is 0.841. The van der Waals surface area contributed by atoms with E-state index in [9.17, 15) is 4.79 Å². The van der Waals surface area contributed by atoms with Gasteiger partial charge in [0.1, 0.15) is 6.10 Å². The van der Waals surface area contributed by atoms with Crippen LogP contribution in [0.25, 0.3) is 0 Å². The van der Waals surface area contributed by atoms with Crippen LogP contribution in [0, 0.1) is 0 Å². The van der Waals surface area contributed by atoms with Gasteiger partial charge in [-0.2, -0.15) is 0 Å². The molecule has 1 atom stereocenters. The highest BCUT2D eigenvalue weighted by molar-refractivity contribution is 5.94. The molecule has 7 nitrogen and oxygen atoms in total. The quantitative estimate of drug-likeness (QED) is 0.843. The minimum Gasteiger partial charge on any atom is -0.480 e. The maximum Gasteiger partial charge on any atom is 0.255 e. The lowest BCUT2D eigenvalue weighted by molar-refractivity contribution is 0.0770. The molecule has 7 heteroatoms. The van der Waals surface area contributed by atoms with Crippen LogP contribution >= 0.6 is 0 Å². The van der Waals surface area contributed by atoms with Crippen LogP contribution in [-0.4, -0.2) is 52.3 Å². The molecule has 2 aromatic rings. The second kappa shape index (κ2) is 6.38. The number of ether oxygens (including phenoxy) is 2. The Kier molecular flexibility index (Phi) is 4.13. The highest BCUT2D eigenvalue weighted by Crippen LogP contribution is 2.18. The predicted molar refractivity (Wildman–Crippen MR) is 77.8 cm³/mol. The fourth-order valence-corrected chi connectivity index (χ4v) is 2.33. The van der Waals surface area contributed by atoms with Crippen molar-refractivity contribution < 1.29 is 14.3 Å². The van der Waals surface area contributed by atoms with Crippen molar-refractivity contribution >= 4 is 5.91 Å². The Morgan fingerprint density at radius 1 is 1.27 bits per heavy atom. The molecule has 0 saturated carbocycles. The zero-order chi connectivity index (χ0) is 15.4. The van der Waals surface area contributed by atoms with Gasteiger partial charge in [0.25, 0.3) is 5.91 Å². The average molecular weight is 300 g/mol. The molecule has 0 aliphatic carbocycles. The molecule has 114 valence electrons. The van der Waals surface area contributed by atoms with Crippen LogP contribution in [-0.2, 0) is 0 Å². The summed E-state index contributed by atoms with van der Waals surface area (Å²) in [4.78, 5) is 18.0.